The smallest absolute Gasteiger partial charge is 0.139 e. The van der Waals surface area contributed by atoms with Crippen molar-refractivity contribution < 1.29 is 0 Å². The highest BCUT2D eigenvalue weighted by Crippen LogP contribution is 2.21. The Morgan fingerprint density at radius 1 is 1.21 bits per heavy atom. The van der Waals surface area contributed by atoms with E-state index in [4.69, 9.17) is 0 Å². The molecule has 1 heterocycles. The second-order valence-electron chi connectivity index (χ2n) is 4.84. The third kappa shape index (κ3) is 3.35. The van der Waals surface area contributed by atoms with Crippen LogP contribution in [0.5, 0.6) is 0 Å². The molecule has 4 heteroatoms. The first kappa shape index (κ1) is 13.6. The van der Waals surface area contributed by atoms with Crippen LogP contribution in [-0.2, 0) is 6.54 Å². The van der Waals surface area contributed by atoms with Crippen molar-refractivity contribution in [3.63, 3.8) is 0 Å². The van der Waals surface area contributed by atoms with Crippen molar-refractivity contribution in [1.82, 2.24) is 14.9 Å². The van der Waals surface area contributed by atoms with Crippen molar-refractivity contribution >= 4 is 5.69 Å². The van der Waals surface area contributed by atoms with Crippen LogP contribution in [0.1, 0.15) is 6.42 Å². The molecule has 0 fully saturated rings. The van der Waals surface area contributed by atoms with E-state index < -0.39 is 0 Å². The van der Waals surface area contributed by atoms with Gasteiger partial charge in [0.1, 0.15) is 5.82 Å². The monoisotopic (exact) mass is 258 g/mol. The minimum atomic E-state index is 0.992. The Balaban J connectivity index is 2.15. The third-order valence-electron chi connectivity index (χ3n) is 3.18. The summed E-state index contributed by atoms with van der Waals surface area (Å²) in [6, 6.07) is 8.52. The first-order chi connectivity index (χ1) is 9.22. The minimum absolute atomic E-state index is 0.992. The molecule has 1 aromatic carbocycles. The van der Waals surface area contributed by atoms with Gasteiger partial charge >= 0.3 is 0 Å². The van der Waals surface area contributed by atoms with Crippen molar-refractivity contribution in [3.05, 3.63) is 36.7 Å². The van der Waals surface area contributed by atoms with Crippen LogP contribution in [0.2, 0.25) is 0 Å². The number of hydrogen-bond acceptors (Lipinski definition) is 3. The lowest BCUT2D eigenvalue weighted by molar-refractivity contribution is 0.617. The van der Waals surface area contributed by atoms with Gasteiger partial charge in [-0.25, -0.2) is 4.98 Å². The molecule has 0 amide bonds. The lowest BCUT2D eigenvalue weighted by Gasteiger charge is -2.13. The average molecular weight is 258 g/mol. The van der Waals surface area contributed by atoms with Gasteiger partial charge < -0.3 is 14.8 Å². The van der Waals surface area contributed by atoms with E-state index in [2.05, 4.69) is 44.0 Å². The van der Waals surface area contributed by atoms with Gasteiger partial charge in [0, 0.05) is 44.3 Å². The van der Waals surface area contributed by atoms with E-state index in [-0.39, 0.29) is 0 Å². The number of benzene rings is 1. The van der Waals surface area contributed by atoms with E-state index in [1.807, 2.05) is 33.5 Å². The van der Waals surface area contributed by atoms with E-state index in [0.29, 0.717) is 0 Å². The van der Waals surface area contributed by atoms with E-state index in [0.717, 1.165) is 25.3 Å². The van der Waals surface area contributed by atoms with Crippen molar-refractivity contribution in [2.75, 3.05) is 32.6 Å². The summed E-state index contributed by atoms with van der Waals surface area (Å²) in [7, 11) is 6.08. The molecule has 1 aromatic heterocycles. The predicted molar refractivity (Wildman–Crippen MR) is 80.5 cm³/mol. The molecule has 0 aliphatic heterocycles. The highest BCUT2D eigenvalue weighted by Gasteiger charge is 2.06. The number of aromatic nitrogens is 2. The molecule has 0 aliphatic rings. The number of aryl methyl sites for hydroxylation is 1. The van der Waals surface area contributed by atoms with Crippen LogP contribution in [0, 0.1) is 0 Å². The molecule has 4 nitrogen and oxygen atoms in total. The second-order valence-corrected chi connectivity index (χ2v) is 4.84. The maximum atomic E-state index is 4.47. The molecule has 0 saturated carbocycles. The second kappa shape index (κ2) is 6.38. The Bertz CT molecular complexity index is 499. The number of anilines is 1. The van der Waals surface area contributed by atoms with Gasteiger partial charge in [-0.2, -0.15) is 0 Å². The molecule has 2 rings (SSSR count). The lowest BCUT2D eigenvalue weighted by atomic mass is 10.2. The Morgan fingerprint density at radius 3 is 2.58 bits per heavy atom. The molecule has 0 saturated heterocycles. The summed E-state index contributed by atoms with van der Waals surface area (Å²) >= 11 is 0. The van der Waals surface area contributed by atoms with Crippen LogP contribution >= 0.6 is 0 Å². The molecule has 102 valence electrons. The molecule has 2 aromatic rings. The predicted octanol–water partition coefficient (Wildman–Crippen LogP) is 2.23. The molecule has 0 radical (unpaired) electrons. The Hall–Kier alpha value is -1.81. The summed E-state index contributed by atoms with van der Waals surface area (Å²) in [6.07, 6.45) is 5.02. The van der Waals surface area contributed by atoms with Crippen molar-refractivity contribution in [1.29, 1.82) is 0 Å². The summed E-state index contributed by atoms with van der Waals surface area (Å²) in [4.78, 5) is 6.57. The highest BCUT2D eigenvalue weighted by atomic mass is 15.1. The number of nitrogens with zero attached hydrogens (tertiary/aromatic N) is 3. The van der Waals surface area contributed by atoms with Crippen molar-refractivity contribution in [2.45, 2.75) is 13.0 Å². The summed E-state index contributed by atoms with van der Waals surface area (Å²) < 4.78 is 2.21. The number of imidazole rings is 1. The largest absolute Gasteiger partial charge is 0.378 e. The van der Waals surface area contributed by atoms with Gasteiger partial charge in [-0.3, -0.25) is 0 Å². The number of nitrogens with one attached hydrogen (secondary N) is 1. The standard InChI is InChI=1S/C15H22N4/c1-16-9-4-11-19-12-10-17-15(19)13-5-7-14(8-6-13)18(2)3/h5-8,10,12,16H,4,9,11H2,1-3H3. The fourth-order valence-electron chi connectivity index (χ4n) is 2.08. The van der Waals surface area contributed by atoms with Crippen LogP contribution in [0.3, 0.4) is 0 Å². The zero-order valence-electron chi connectivity index (χ0n) is 11.9. The summed E-state index contributed by atoms with van der Waals surface area (Å²) in [6.45, 7) is 2.02. The van der Waals surface area contributed by atoms with Gasteiger partial charge in [0.15, 0.2) is 0 Å². The average Bonchev–Trinajstić information content (AvgIpc) is 2.87. The minimum Gasteiger partial charge on any atom is -0.378 e. The quantitative estimate of drug-likeness (QED) is 0.807. The van der Waals surface area contributed by atoms with Gasteiger partial charge in [-0.1, -0.05) is 0 Å². The van der Waals surface area contributed by atoms with Crippen LogP contribution in [0.25, 0.3) is 11.4 Å². The first-order valence-electron chi connectivity index (χ1n) is 6.66. The third-order valence-corrected chi connectivity index (χ3v) is 3.18. The SMILES string of the molecule is CNCCCn1ccnc1-c1ccc(N(C)C)cc1. The van der Waals surface area contributed by atoms with Gasteiger partial charge in [-0.05, 0) is 44.3 Å². The summed E-state index contributed by atoms with van der Waals surface area (Å²) in [5.74, 6) is 1.04. The first-order valence-corrected chi connectivity index (χ1v) is 6.66. The van der Waals surface area contributed by atoms with Gasteiger partial charge in [-0.15, -0.1) is 0 Å². The normalized spacial score (nSPS) is 10.7. The van der Waals surface area contributed by atoms with Crippen LogP contribution in [0.4, 0.5) is 5.69 Å². The Morgan fingerprint density at radius 2 is 1.95 bits per heavy atom. The number of hydrogen-bond donors (Lipinski definition) is 1. The zero-order valence-corrected chi connectivity index (χ0v) is 11.9. The van der Waals surface area contributed by atoms with Crippen molar-refractivity contribution in [3.8, 4) is 11.4 Å². The van der Waals surface area contributed by atoms with E-state index >= 15 is 0 Å². The molecular weight excluding hydrogens is 236 g/mol. The Kier molecular flexibility index (Phi) is 4.58. The van der Waals surface area contributed by atoms with Crippen molar-refractivity contribution in [2.24, 2.45) is 0 Å². The molecule has 1 N–H and O–H groups in total. The summed E-state index contributed by atoms with van der Waals surface area (Å²) in [5, 5.41) is 3.17. The van der Waals surface area contributed by atoms with Gasteiger partial charge in [0.2, 0.25) is 0 Å². The molecule has 0 spiro atoms. The molecule has 0 bridgehead atoms. The van der Waals surface area contributed by atoms with E-state index in [1.165, 1.54) is 11.3 Å². The highest BCUT2D eigenvalue weighted by molar-refractivity contribution is 5.60. The van der Waals surface area contributed by atoms with E-state index in [9.17, 15) is 0 Å². The van der Waals surface area contributed by atoms with Crippen LogP contribution in [0.15, 0.2) is 36.7 Å². The molecule has 19 heavy (non-hydrogen) atoms. The fraction of sp³-hybridized carbons (Fsp3) is 0.400. The molecular formula is C15H22N4. The Labute approximate surface area is 115 Å². The fourth-order valence-corrected chi connectivity index (χ4v) is 2.08. The van der Waals surface area contributed by atoms with Gasteiger partial charge in [0.25, 0.3) is 0 Å². The number of rotatable bonds is 6. The lowest BCUT2D eigenvalue weighted by Crippen LogP contribution is -2.11. The zero-order chi connectivity index (χ0) is 13.7. The van der Waals surface area contributed by atoms with Crippen LogP contribution in [-0.4, -0.2) is 37.2 Å². The topological polar surface area (TPSA) is 33.1 Å². The maximum absolute atomic E-state index is 4.47. The summed E-state index contributed by atoms with van der Waals surface area (Å²) in [5.41, 5.74) is 2.37. The van der Waals surface area contributed by atoms with Crippen LogP contribution < -0.4 is 10.2 Å². The molecule has 0 atom stereocenters. The molecule has 0 unspecified atom stereocenters. The maximum Gasteiger partial charge on any atom is 0.139 e. The van der Waals surface area contributed by atoms with Gasteiger partial charge in [0.05, 0.1) is 0 Å². The van der Waals surface area contributed by atoms with E-state index in [1.54, 1.807) is 0 Å². The molecule has 0 aliphatic carbocycles.